The van der Waals surface area contributed by atoms with Crippen molar-refractivity contribution in [3.05, 3.63) is 93.5 Å². The monoisotopic (exact) mass is 547 g/mol. The average molecular weight is 548 g/mol. The first-order valence-corrected chi connectivity index (χ1v) is 11.8. The number of hydrogen-bond donors (Lipinski definition) is 2. The fourth-order valence-electron chi connectivity index (χ4n) is 3.67. The highest BCUT2D eigenvalue weighted by Crippen LogP contribution is 2.28. The molecule has 0 unspecified atom stereocenters. The molecule has 1 aliphatic heterocycles. The van der Waals surface area contributed by atoms with E-state index >= 15 is 0 Å². The topological polar surface area (TPSA) is 105 Å². The molecule has 1 heterocycles. The van der Waals surface area contributed by atoms with E-state index in [-0.39, 0.29) is 23.8 Å². The normalized spacial score (nSPS) is 14.6. The number of carbonyl (C=O) groups is 4. The van der Waals surface area contributed by atoms with Gasteiger partial charge < -0.3 is 10.1 Å². The number of imide groups is 2. The Morgan fingerprint density at radius 1 is 1.03 bits per heavy atom. The summed E-state index contributed by atoms with van der Waals surface area (Å²) in [7, 11) is 0. The van der Waals surface area contributed by atoms with E-state index in [4.69, 9.17) is 4.74 Å². The molecule has 3 aromatic rings. The number of rotatable bonds is 6. The number of para-hydroxylation sites is 1. The van der Waals surface area contributed by atoms with E-state index in [9.17, 15) is 19.2 Å². The molecule has 3 aromatic carbocycles. The third-order valence-corrected chi connectivity index (χ3v) is 5.90. The van der Waals surface area contributed by atoms with Gasteiger partial charge in [0.1, 0.15) is 11.3 Å². The van der Waals surface area contributed by atoms with E-state index in [1.54, 1.807) is 48.5 Å². The van der Waals surface area contributed by atoms with Crippen molar-refractivity contribution in [1.82, 2.24) is 5.32 Å². The van der Waals surface area contributed by atoms with Gasteiger partial charge in [-0.3, -0.25) is 19.7 Å². The number of barbiturate groups is 1. The van der Waals surface area contributed by atoms with Crippen LogP contribution in [0, 0.1) is 13.8 Å². The number of halogens is 1. The minimum absolute atomic E-state index is 0.249. The number of carbonyl (C=O) groups excluding carboxylic acids is 4. The molecule has 1 aliphatic rings. The number of hydrogen-bond acceptors (Lipinski definition) is 5. The second kappa shape index (κ2) is 10.6. The van der Waals surface area contributed by atoms with Gasteiger partial charge in [-0.15, -0.1) is 0 Å². The number of benzene rings is 3. The molecule has 8 nitrogen and oxygen atoms in total. The molecule has 1 fully saturated rings. The smallest absolute Gasteiger partial charge is 0.335 e. The van der Waals surface area contributed by atoms with Crippen LogP contribution < -0.4 is 20.3 Å². The third kappa shape index (κ3) is 5.52. The van der Waals surface area contributed by atoms with Gasteiger partial charge in [0.2, 0.25) is 0 Å². The van der Waals surface area contributed by atoms with Crippen LogP contribution in [0.4, 0.5) is 16.2 Å². The zero-order chi connectivity index (χ0) is 25.8. The molecule has 9 heteroatoms. The van der Waals surface area contributed by atoms with E-state index in [0.717, 1.165) is 16.0 Å². The minimum Gasteiger partial charge on any atom is -0.483 e. The Bertz CT molecular complexity index is 1400. The molecule has 0 aliphatic carbocycles. The average Bonchev–Trinajstić information content (AvgIpc) is 2.83. The van der Waals surface area contributed by atoms with Gasteiger partial charge in [0.25, 0.3) is 17.7 Å². The first kappa shape index (κ1) is 24.9. The van der Waals surface area contributed by atoms with Crippen LogP contribution in [0.25, 0.3) is 6.08 Å². The highest BCUT2D eigenvalue weighted by molar-refractivity contribution is 9.10. The van der Waals surface area contributed by atoms with Gasteiger partial charge in [0.15, 0.2) is 6.61 Å². The number of nitrogens with one attached hydrogen (secondary N) is 2. The Morgan fingerprint density at radius 2 is 1.78 bits per heavy atom. The predicted octanol–water partition coefficient (Wildman–Crippen LogP) is 4.75. The maximum absolute atomic E-state index is 13.1. The van der Waals surface area contributed by atoms with Gasteiger partial charge in [-0.25, -0.2) is 9.69 Å². The van der Waals surface area contributed by atoms with Crippen molar-refractivity contribution < 1.29 is 23.9 Å². The summed E-state index contributed by atoms with van der Waals surface area (Å²) < 4.78 is 6.40. The highest BCUT2D eigenvalue weighted by atomic mass is 79.9. The van der Waals surface area contributed by atoms with Crippen LogP contribution in [0.2, 0.25) is 0 Å². The number of aryl methyl sites for hydroxylation is 2. The van der Waals surface area contributed by atoms with Gasteiger partial charge >= 0.3 is 6.03 Å². The predicted molar refractivity (Wildman–Crippen MR) is 140 cm³/mol. The summed E-state index contributed by atoms with van der Waals surface area (Å²) in [5.74, 6) is -1.68. The molecule has 5 amide bonds. The summed E-state index contributed by atoms with van der Waals surface area (Å²) in [6.45, 7) is 3.58. The lowest BCUT2D eigenvalue weighted by atomic mass is 10.1. The summed E-state index contributed by atoms with van der Waals surface area (Å²) in [5.41, 5.74) is 3.15. The van der Waals surface area contributed by atoms with Crippen LogP contribution in [0.3, 0.4) is 0 Å². The molecule has 0 atom stereocenters. The number of anilines is 2. The minimum atomic E-state index is -0.831. The SMILES string of the molecule is Cc1ccc(NC(=O)COc2ccc(Br)cc2/C=C2/C(=O)NC(=O)N(c3ccccc3)C2=O)c(C)c1. The zero-order valence-corrected chi connectivity index (χ0v) is 21.1. The Labute approximate surface area is 216 Å². The van der Waals surface area contributed by atoms with Gasteiger partial charge in [-0.05, 0) is 61.9 Å². The molecule has 2 N–H and O–H groups in total. The molecule has 0 radical (unpaired) electrons. The number of amides is 5. The second-order valence-corrected chi connectivity index (χ2v) is 9.05. The molecule has 182 valence electrons. The molecular weight excluding hydrogens is 526 g/mol. The summed E-state index contributed by atoms with van der Waals surface area (Å²) >= 11 is 3.37. The first-order chi connectivity index (χ1) is 17.2. The Hall–Kier alpha value is -4.24. The van der Waals surface area contributed by atoms with Gasteiger partial charge in [0.05, 0.1) is 5.69 Å². The second-order valence-electron chi connectivity index (χ2n) is 8.13. The Morgan fingerprint density at radius 3 is 2.50 bits per heavy atom. The third-order valence-electron chi connectivity index (χ3n) is 5.40. The lowest BCUT2D eigenvalue weighted by Crippen LogP contribution is -2.54. The van der Waals surface area contributed by atoms with Crippen LogP contribution in [-0.4, -0.2) is 30.4 Å². The lowest BCUT2D eigenvalue weighted by Gasteiger charge is -2.26. The standard InChI is InChI=1S/C27H22BrN3O5/c1-16-8-10-22(17(2)12-16)29-24(32)15-36-23-11-9-19(28)13-18(23)14-21-25(33)30-27(35)31(26(21)34)20-6-4-3-5-7-20/h3-14H,15H2,1-2H3,(H,29,32)(H,30,33,35)/b21-14-. The molecule has 36 heavy (non-hydrogen) atoms. The van der Waals surface area contributed by atoms with Gasteiger partial charge in [-0.1, -0.05) is 51.8 Å². The lowest BCUT2D eigenvalue weighted by molar-refractivity contribution is -0.122. The van der Waals surface area contributed by atoms with Crippen LogP contribution in [-0.2, 0) is 14.4 Å². The Balaban J connectivity index is 1.57. The van der Waals surface area contributed by atoms with Crippen molar-refractivity contribution in [2.24, 2.45) is 0 Å². The van der Waals surface area contributed by atoms with Crippen molar-refractivity contribution in [2.75, 3.05) is 16.8 Å². The van der Waals surface area contributed by atoms with Crippen molar-refractivity contribution in [3.8, 4) is 5.75 Å². The van der Waals surface area contributed by atoms with E-state index < -0.39 is 17.8 Å². The van der Waals surface area contributed by atoms with Crippen LogP contribution in [0.5, 0.6) is 5.75 Å². The van der Waals surface area contributed by atoms with Crippen LogP contribution in [0.1, 0.15) is 16.7 Å². The van der Waals surface area contributed by atoms with Crippen molar-refractivity contribution >= 4 is 57.1 Å². The van der Waals surface area contributed by atoms with E-state index in [2.05, 4.69) is 26.6 Å². The van der Waals surface area contributed by atoms with E-state index in [1.165, 1.54) is 6.08 Å². The van der Waals surface area contributed by atoms with Crippen LogP contribution >= 0.6 is 15.9 Å². The van der Waals surface area contributed by atoms with Gasteiger partial charge in [-0.2, -0.15) is 0 Å². The molecule has 0 spiro atoms. The van der Waals surface area contributed by atoms with Gasteiger partial charge in [0, 0.05) is 15.7 Å². The van der Waals surface area contributed by atoms with Crippen molar-refractivity contribution in [1.29, 1.82) is 0 Å². The summed E-state index contributed by atoms with van der Waals surface area (Å²) in [4.78, 5) is 51.5. The molecule has 0 aromatic heterocycles. The maximum atomic E-state index is 13.1. The van der Waals surface area contributed by atoms with E-state index in [0.29, 0.717) is 21.4 Å². The molecule has 0 saturated carbocycles. The summed E-state index contributed by atoms with van der Waals surface area (Å²) in [6.07, 6.45) is 1.34. The molecular formula is C27H22BrN3O5. The summed E-state index contributed by atoms with van der Waals surface area (Å²) in [6, 6.07) is 18.1. The molecule has 0 bridgehead atoms. The highest BCUT2D eigenvalue weighted by Gasteiger charge is 2.36. The fourth-order valence-corrected chi connectivity index (χ4v) is 4.05. The molecule has 4 rings (SSSR count). The quantitative estimate of drug-likeness (QED) is 0.342. The number of ether oxygens (including phenoxy) is 1. The summed E-state index contributed by atoms with van der Waals surface area (Å²) in [5, 5.41) is 5.00. The number of urea groups is 1. The largest absolute Gasteiger partial charge is 0.483 e. The zero-order valence-electron chi connectivity index (χ0n) is 19.5. The van der Waals surface area contributed by atoms with Crippen LogP contribution in [0.15, 0.2) is 76.8 Å². The van der Waals surface area contributed by atoms with Crippen molar-refractivity contribution in [3.63, 3.8) is 0 Å². The molecule has 1 saturated heterocycles. The maximum Gasteiger partial charge on any atom is 0.335 e. The van der Waals surface area contributed by atoms with E-state index in [1.807, 2.05) is 32.0 Å². The number of nitrogens with zero attached hydrogens (tertiary/aromatic N) is 1. The fraction of sp³-hybridized carbons (Fsp3) is 0.111. The Kier molecular flexibility index (Phi) is 7.30. The first-order valence-electron chi connectivity index (χ1n) is 11.0. The van der Waals surface area contributed by atoms with Crippen molar-refractivity contribution in [2.45, 2.75) is 13.8 Å².